The molecular weight excluding hydrogens is 244 g/mol. The van der Waals surface area contributed by atoms with E-state index in [0.29, 0.717) is 12.4 Å². The van der Waals surface area contributed by atoms with Crippen molar-refractivity contribution in [2.75, 3.05) is 30.5 Å². The number of rotatable bonds is 5. The normalized spacial score (nSPS) is 11.2. The maximum absolute atomic E-state index is 11.0. The molecule has 0 aromatic carbocycles. The predicted octanol–water partition coefficient (Wildman–Crippen LogP) is 0.261. The van der Waals surface area contributed by atoms with Crippen molar-refractivity contribution in [2.45, 2.75) is 0 Å². The standard InChI is InChI=1S/C10H14N2O4S/c1-12(5-6-17(2,15)16)9-4-3-8(7-11-9)10(13)14/h3-4,7H,5-6H2,1-2H3,(H,13,14). The highest BCUT2D eigenvalue weighted by Gasteiger charge is 2.08. The molecule has 0 atom stereocenters. The van der Waals surface area contributed by atoms with Gasteiger partial charge in [0.2, 0.25) is 0 Å². The smallest absolute Gasteiger partial charge is 0.337 e. The summed E-state index contributed by atoms with van der Waals surface area (Å²) < 4.78 is 22.0. The zero-order chi connectivity index (χ0) is 13.1. The molecule has 0 saturated carbocycles. The number of nitrogens with zero attached hydrogens (tertiary/aromatic N) is 2. The molecule has 0 aliphatic carbocycles. The zero-order valence-electron chi connectivity index (χ0n) is 9.62. The highest BCUT2D eigenvalue weighted by molar-refractivity contribution is 7.90. The molecule has 94 valence electrons. The molecule has 0 saturated heterocycles. The number of carbonyl (C=O) groups is 1. The first-order valence-electron chi connectivity index (χ1n) is 4.88. The molecule has 0 bridgehead atoms. The van der Waals surface area contributed by atoms with Gasteiger partial charge in [-0.05, 0) is 12.1 Å². The minimum atomic E-state index is -3.01. The zero-order valence-corrected chi connectivity index (χ0v) is 10.4. The molecule has 1 aromatic heterocycles. The minimum Gasteiger partial charge on any atom is -0.478 e. The van der Waals surface area contributed by atoms with Crippen LogP contribution in [0.3, 0.4) is 0 Å². The number of sulfone groups is 1. The number of hydrogen-bond donors (Lipinski definition) is 1. The number of aromatic carboxylic acids is 1. The molecule has 17 heavy (non-hydrogen) atoms. The number of carboxylic acid groups (broad SMARTS) is 1. The van der Waals surface area contributed by atoms with Gasteiger partial charge in [0.15, 0.2) is 0 Å². The quantitative estimate of drug-likeness (QED) is 0.815. The van der Waals surface area contributed by atoms with Crippen molar-refractivity contribution < 1.29 is 18.3 Å². The van der Waals surface area contributed by atoms with Gasteiger partial charge in [-0.1, -0.05) is 0 Å². The largest absolute Gasteiger partial charge is 0.478 e. The number of anilines is 1. The molecule has 7 heteroatoms. The first kappa shape index (κ1) is 13.4. The molecule has 6 nitrogen and oxygen atoms in total. The van der Waals surface area contributed by atoms with E-state index in [4.69, 9.17) is 5.11 Å². The summed E-state index contributed by atoms with van der Waals surface area (Å²) in [5, 5.41) is 8.69. The van der Waals surface area contributed by atoms with Crippen LogP contribution in [0.25, 0.3) is 0 Å². The van der Waals surface area contributed by atoms with Crippen molar-refractivity contribution in [3.8, 4) is 0 Å². The van der Waals surface area contributed by atoms with Gasteiger partial charge >= 0.3 is 5.97 Å². The van der Waals surface area contributed by atoms with Crippen LogP contribution in [0.15, 0.2) is 18.3 Å². The molecule has 0 fully saturated rings. The Hall–Kier alpha value is -1.63. The second kappa shape index (κ2) is 5.13. The van der Waals surface area contributed by atoms with Crippen molar-refractivity contribution in [3.63, 3.8) is 0 Å². The topological polar surface area (TPSA) is 87.6 Å². The van der Waals surface area contributed by atoms with Gasteiger partial charge in [-0.2, -0.15) is 0 Å². The number of aromatic nitrogens is 1. The van der Waals surface area contributed by atoms with Crippen molar-refractivity contribution in [3.05, 3.63) is 23.9 Å². The van der Waals surface area contributed by atoms with Crippen LogP contribution in [-0.2, 0) is 9.84 Å². The van der Waals surface area contributed by atoms with Crippen molar-refractivity contribution >= 4 is 21.6 Å². The summed E-state index contributed by atoms with van der Waals surface area (Å²) in [7, 11) is -1.31. The second-order valence-corrected chi connectivity index (χ2v) is 6.02. The number of hydrogen-bond acceptors (Lipinski definition) is 5. The third kappa shape index (κ3) is 4.39. The van der Waals surface area contributed by atoms with Gasteiger partial charge in [0.05, 0.1) is 11.3 Å². The van der Waals surface area contributed by atoms with Gasteiger partial charge < -0.3 is 10.0 Å². The van der Waals surface area contributed by atoms with Crippen LogP contribution in [0.1, 0.15) is 10.4 Å². The highest BCUT2D eigenvalue weighted by atomic mass is 32.2. The Morgan fingerprint density at radius 2 is 2.12 bits per heavy atom. The van der Waals surface area contributed by atoms with E-state index in [2.05, 4.69) is 4.98 Å². The molecular formula is C10H14N2O4S. The predicted molar refractivity (Wildman–Crippen MR) is 64.2 cm³/mol. The number of carboxylic acids is 1. The second-order valence-electron chi connectivity index (χ2n) is 3.76. The van der Waals surface area contributed by atoms with Crippen LogP contribution in [0.5, 0.6) is 0 Å². The van der Waals surface area contributed by atoms with Gasteiger partial charge in [0, 0.05) is 26.0 Å². The molecule has 0 unspecified atom stereocenters. The van der Waals surface area contributed by atoms with Gasteiger partial charge in [0.1, 0.15) is 15.7 Å². The van der Waals surface area contributed by atoms with Gasteiger partial charge in [-0.15, -0.1) is 0 Å². The Labute approximate surface area is 99.8 Å². The lowest BCUT2D eigenvalue weighted by atomic mass is 10.3. The Morgan fingerprint density at radius 1 is 1.47 bits per heavy atom. The maximum atomic E-state index is 11.0. The fourth-order valence-corrected chi connectivity index (χ4v) is 1.76. The first-order valence-corrected chi connectivity index (χ1v) is 6.94. The summed E-state index contributed by atoms with van der Waals surface area (Å²) in [6, 6.07) is 2.98. The summed E-state index contributed by atoms with van der Waals surface area (Å²) in [6.07, 6.45) is 2.41. The lowest BCUT2D eigenvalue weighted by Crippen LogP contribution is -2.25. The van der Waals surface area contributed by atoms with Crippen molar-refractivity contribution in [1.29, 1.82) is 0 Å². The van der Waals surface area contributed by atoms with E-state index in [1.54, 1.807) is 18.0 Å². The lowest BCUT2D eigenvalue weighted by Gasteiger charge is -2.17. The van der Waals surface area contributed by atoms with E-state index in [-0.39, 0.29) is 11.3 Å². The summed E-state index contributed by atoms with van der Waals surface area (Å²) in [4.78, 5) is 16.2. The van der Waals surface area contributed by atoms with E-state index in [1.165, 1.54) is 18.5 Å². The minimum absolute atomic E-state index is 0.0336. The molecule has 1 aromatic rings. The van der Waals surface area contributed by atoms with E-state index >= 15 is 0 Å². The van der Waals surface area contributed by atoms with Crippen LogP contribution in [0.2, 0.25) is 0 Å². The Balaban J connectivity index is 2.70. The molecule has 0 aliphatic heterocycles. The Morgan fingerprint density at radius 3 is 2.53 bits per heavy atom. The third-order valence-electron chi connectivity index (χ3n) is 2.18. The van der Waals surface area contributed by atoms with Gasteiger partial charge in [0.25, 0.3) is 0 Å². The lowest BCUT2D eigenvalue weighted by molar-refractivity contribution is 0.0696. The SMILES string of the molecule is CN(CCS(C)(=O)=O)c1ccc(C(=O)O)cn1. The van der Waals surface area contributed by atoms with E-state index < -0.39 is 15.8 Å². The molecule has 0 spiro atoms. The van der Waals surface area contributed by atoms with Crippen LogP contribution in [0.4, 0.5) is 5.82 Å². The summed E-state index contributed by atoms with van der Waals surface area (Å²) in [5.41, 5.74) is 0.102. The third-order valence-corrected chi connectivity index (χ3v) is 3.11. The van der Waals surface area contributed by atoms with Crippen LogP contribution >= 0.6 is 0 Å². The van der Waals surface area contributed by atoms with E-state index in [9.17, 15) is 13.2 Å². The average molecular weight is 258 g/mol. The van der Waals surface area contributed by atoms with Crippen molar-refractivity contribution in [1.82, 2.24) is 4.98 Å². The van der Waals surface area contributed by atoms with E-state index in [1.807, 2.05) is 0 Å². The van der Waals surface area contributed by atoms with Crippen molar-refractivity contribution in [2.24, 2.45) is 0 Å². The van der Waals surface area contributed by atoms with Crippen LogP contribution in [0, 0.1) is 0 Å². The monoisotopic (exact) mass is 258 g/mol. The summed E-state index contributed by atoms with van der Waals surface area (Å²) >= 11 is 0. The summed E-state index contributed by atoms with van der Waals surface area (Å²) in [5.74, 6) is -0.465. The molecule has 0 amide bonds. The number of pyridine rings is 1. The molecule has 0 aliphatic rings. The van der Waals surface area contributed by atoms with Crippen LogP contribution < -0.4 is 4.90 Å². The Kier molecular flexibility index (Phi) is 4.06. The summed E-state index contributed by atoms with van der Waals surface area (Å²) in [6.45, 7) is 0.318. The van der Waals surface area contributed by atoms with Crippen LogP contribution in [-0.4, -0.2) is 50.1 Å². The van der Waals surface area contributed by atoms with E-state index in [0.717, 1.165) is 0 Å². The van der Waals surface area contributed by atoms with Gasteiger partial charge in [-0.25, -0.2) is 18.2 Å². The average Bonchev–Trinajstić information content (AvgIpc) is 2.25. The molecule has 1 N–H and O–H groups in total. The van der Waals surface area contributed by atoms with Gasteiger partial charge in [-0.3, -0.25) is 0 Å². The first-order chi connectivity index (χ1) is 7.79. The molecule has 1 heterocycles. The molecule has 1 rings (SSSR count). The molecule has 0 radical (unpaired) electrons. The highest BCUT2D eigenvalue weighted by Crippen LogP contribution is 2.09. The fourth-order valence-electron chi connectivity index (χ4n) is 1.16. The maximum Gasteiger partial charge on any atom is 0.337 e. The Bertz CT molecular complexity index is 496. The fraction of sp³-hybridized carbons (Fsp3) is 0.400.